The molecule has 1 atom stereocenters. The largest absolute Gasteiger partial charge is 0.361 e. The molecule has 7 heteroatoms. The second-order valence-electron chi connectivity index (χ2n) is 4.84. The predicted molar refractivity (Wildman–Crippen MR) is 87.5 cm³/mol. The molecule has 0 aliphatic heterocycles. The average Bonchev–Trinajstić information content (AvgIpc) is 2.98. The molecule has 2 heterocycles. The van der Waals surface area contributed by atoms with Gasteiger partial charge in [0, 0.05) is 23.1 Å². The van der Waals surface area contributed by atoms with Crippen LogP contribution in [-0.4, -0.2) is 15.0 Å². The number of aromatic nitrogens is 3. The van der Waals surface area contributed by atoms with E-state index in [0.29, 0.717) is 5.82 Å². The van der Waals surface area contributed by atoms with Crippen LogP contribution >= 0.6 is 11.3 Å². The van der Waals surface area contributed by atoms with Crippen molar-refractivity contribution in [2.45, 2.75) is 46.6 Å². The number of hydrogen-bond acceptors (Lipinski definition) is 7. The van der Waals surface area contributed by atoms with E-state index < -0.39 is 0 Å². The average molecular weight is 306 g/mol. The Balaban J connectivity index is 2.25. The fourth-order valence-electron chi connectivity index (χ4n) is 1.96. The molecule has 0 saturated carbocycles. The summed E-state index contributed by atoms with van der Waals surface area (Å²) in [4.78, 5) is 14.7. The minimum atomic E-state index is 0.0965. The number of rotatable bonds is 6. The van der Waals surface area contributed by atoms with Gasteiger partial charge in [-0.1, -0.05) is 13.8 Å². The van der Waals surface area contributed by atoms with E-state index in [1.165, 1.54) is 4.88 Å². The van der Waals surface area contributed by atoms with Crippen LogP contribution in [0.5, 0.6) is 0 Å². The lowest BCUT2D eigenvalue weighted by Gasteiger charge is -2.16. The van der Waals surface area contributed by atoms with Crippen molar-refractivity contribution in [1.29, 1.82) is 0 Å². The summed E-state index contributed by atoms with van der Waals surface area (Å²) < 4.78 is 0. The Morgan fingerprint density at radius 2 is 1.95 bits per heavy atom. The number of nitrogens with zero attached hydrogens (tertiary/aromatic N) is 3. The Kier molecular flexibility index (Phi) is 5.08. The number of aryl methyl sites for hydroxylation is 2. The van der Waals surface area contributed by atoms with Gasteiger partial charge in [-0.3, -0.25) is 0 Å². The molecule has 0 aliphatic carbocycles. The molecule has 1 unspecified atom stereocenters. The molecule has 114 valence electrons. The van der Waals surface area contributed by atoms with Crippen molar-refractivity contribution < 1.29 is 0 Å². The first kappa shape index (κ1) is 15.7. The van der Waals surface area contributed by atoms with Crippen LogP contribution in [0.3, 0.4) is 0 Å². The van der Waals surface area contributed by atoms with Gasteiger partial charge in [-0.2, -0.15) is 0 Å². The summed E-state index contributed by atoms with van der Waals surface area (Å²) in [6, 6.07) is 0.0965. The van der Waals surface area contributed by atoms with Crippen LogP contribution in [-0.2, 0) is 12.8 Å². The summed E-state index contributed by atoms with van der Waals surface area (Å²) in [6.07, 6.45) is 3.71. The molecule has 2 rings (SSSR count). The van der Waals surface area contributed by atoms with Crippen molar-refractivity contribution in [1.82, 2.24) is 15.0 Å². The quantitative estimate of drug-likeness (QED) is 0.562. The molecule has 21 heavy (non-hydrogen) atoms. The molecule has 0 bridgehead atoms. The maximum Gasteiger partial charge on any atom is 0.148 e. The molecule has 2 aromatic heterocycles. The Morgan fingerprint density at radius 3 is 2.52 bits per heavy atom. The standard InChI is InChI=1S/C14H22N6S/c1-5-10-7-16-14(21-10)9(4)17-12-8(3)13(20-15)19-11(6-2)18-12/h7,9H,5-6,15H2,1-4H3,(H2,17,18,19,20). The van der Waals surface area contributed by atoms with Crippen molar-refractivity contribution >= 4 is 23.0 Å². The molecule has 0 aliphatic rings. The third-order valence-electron chi connectivity index (χ3n) is 3.29. The van der Waals surface area contributed by atoms with Crippen LogP contribution in [0.15, 0.2) is 6.20 Å². The topological polar surface area (TPSA) is 88.8 Å². The van der Waals surface area contributed by atoms with Gasteiger partial charge >= 0.3 is 0 Å². The smallest absolute Gasteiger partial charge is 0.148 e. The highest BCUT2D eigenvalue weighted by molar-refractivity contribution is 7.11. The maximum absolute atomic E-state index is 5.53. The zero-order valence-electron chi connectivity index (χ0n) is 12.9. The fraction of sp³-hybridized carbons (Fsp3) is 0.500. The first-order valence-electron chi connectivity index (χ1n) is 7.14. The SMILES string of the molecule is CCc1nc(NN)c(C)c(NC(C)c2ncc(CC)s2)n1. The Morgan fingerprint density at radius 1 is 1.24 bits per heavy atom. The van der Waals surface area contributed by atoms with Gasteiger partial charge in [-0.05, 0) is 20.3 Å². The molecular formula is C14H22N6S. The van der Waals surface area contributed by atoms with E-state index in [0.717, 1.165) is 35.1 Å². The summed E-state index contributed by atoms with van der Waals surface area (Å²) in [6.45, 7) is 8.19. The van der Waals surface area contributed by atoms with Crippen molar-refractivity contribution in [3.8, 4) is 0 Å². The number of nitrogens with two attached hydrogens (primary N) is 1. The number of anilines is 2. The van der Waals surface area contributed by atoms with Gasteiger partial charge in [0.25, 0.3) is 0 Å². The Bertz CT molecular complexity index is 610. The highest BCUT2D eigenvalue weighted by atomic mass is 32.1. The van der Waals surface area contributed by atoms with E-state index >= 15 is 0 Å². The highest BCUT2D eigenvalue weighted by Crippen LogP contribution is 2.26. The van der Waals surface area contributed by atoms with E-state index in [4.69, 9.17) is 5.84 Å². The Labute approximate surface area is 129 Å². The van der Waals surface area contributed by atoms with E-state index in [2.05, 4.69) is 39.5 Å². The zero-order valence-corrected chi connectivity index (χ0v) is 13.7. The minimum absolute atomic E-state index is 0.0965. The number of nitrogens with one attached hydrogen (secondary N) is 2. The maximum atomic E-state index is 5.53. The van der Waals surface area contributed by atoms with Crippen LogP contribution in [0.2, 0.25) is 0 Å². The summed E-state index contributed by atoms with van der Waals surface area (Å²) >= 11 is 1.73. The van der Waals surface area contributed by atoms with Crippen molar-refractivity contribution in [2.75, 3.05) is 10.7 Å². The Hall–Kier alpha value is -1.73. The van der Waals surface area contributed by atoms with Crippen LogP contribution in [0.4, 0.5) is 11.6 Å². The summed E-state index contributed by atoms with van der Waals surface area (Å²) in [7, 11) is 0. The van der Waals surface area contributed by atoms with Gasteiger partial charge in [-0.25, -0.2) is 20.8 Å². The monoisotopic (exact) mass is 306 g/mol. The molecular weight excluding hydrogens is 284 g/mol. The third-order valence-corrected chi connectivity index (χ3v) is 4.61. The van der Waals surface area contributed by atoms with Crippen molar-refractivity contribution in [2.24, 2.45) is 5.84 Å². The van der Waals surface area contributed by atoms with Crippen LogP contribution in [0.1, 0.15) is 48.1 Å². The molecule has 0 amide bonds. The molecule has 0 spiro atoms. The number of nitrogen functional groups attached to an aromatic ring is 1. The predicted octanol–water partition coefficient (Wildman–Crippen LogP) is 2.83. The van der Waals surface area contributed by atoms with Gasteiger partial charge in [0.05, 0.1) is 6.04 Å². The lowest BCUT2D eigenvalue weighted by molar-refractivity contribution is 0.841. The molecule has 4 N–H and O–H groups in total. The molecule has 0 radical (unpaired) electrons. The van der Waals surface area contributed by atoms with Gasteiger partial charge in [-0.15, -0.1) is 11.3 Å². The highest BCUT2D eigenvalue weighted by Gasteiger charge is 2.15. The molecule has 0 aromatic carbocycles. The van der Waals surface area contributed by atoms with E-state index in [1.807, 2.05) is 20.0 Å². The number of hydrazine groups is 1. The fourth-order valence-corrected chi connectivity index (χ4v) is 2.81. The second-order valence-corrected chi connectivity index (χ2v) is 5.99. The number of hydrogen-bond donors (Lipinski definition) is 3. The van der Waals surface area contributed by atoms with Crippen molar-refractivity contribution in [3.63, 3.8) is 0 Å². The van der Waals surface area contributed by atoms with E-state index in [1.54, 1.807) is 11.3 Å². The van der Waals surface area contributed by atoms with Gasteiger partial charge in [0.15, 0.2) is 0 Å². The summed E-state index contributed by atoms with van der Waals surface area (Å²) in [5, 5.41) is 4.47. The van der Waals surface area contributed by atoms with Gasteiger partial charge < -0.3 is 10.7 Å². The van der Waals surface area contributed by atoms with Crippen LogP contribution in [0.25, 0.3) is 0 Å². The minimum Gasteiger partial charge on any atom is -0.361 e. The normalized spacial score (nSPS) is 12.2. The number of thiazole rings is 1. The second kappa shape index (κ2) is 6.82. The molecule has 6 nitrogen and oxygen atoms in total. The lowest BCUT2D eigenvalue weighted by Crippen LogP contribution is -2.16. The first-order valence-corrected chi connectivity index (χ1v) is 7.95. The van der Waals surface area contributed by atoms with Crippen LogP contribution < -0.4 is 16.6 Å². The third kappa shape index (κ3) is 3.48. The van der Waals surface area contributed by atoms with Gasteiger partial charge in [0.1, 0.15) is 22.5 Å². The van der Waals surface area contributed by atoms with Gasteiger partial charge in [0.2, 0.25) is 0 Å². The summed E-state index contributed by atoms with van der Waals surface area (Å²) in [5.41, 5.74) is 3.54. The first-order chi connectivity index (χ1) is 10.1. The lowest BCUT2D eigenvalue weighted by atomic mass is 10.2. The van der Waals surface area contributed by atoms with E-state index in [9.17, 15) is 0 Å². The molecule has 2 aromatic rings. The summed E-state index contributed by atoms with van der Waals surface area (Å²) in [5.74, 6) is 7.75. The zero-order chi connectivity index (χ0) is 15.4. The van der Waals surface area contributed by atoms with Crippen LogP contribution in [0, 0.1) is 6.92 Å². The molecule has 0 fully saturated rings. The molecule has 0 saturated heterocycles. The van der Waals surface area contributed by atoms with Crippen molar-refractivity contribution in [3.05, 3.63) is 27.5 Å². The van der Waals surface area contributed by atoms with E-state index in [-0.39, 0.29) is 6.04 Å².